The van der Waals surface area contributed by atoms with Gasteiger partial charge in [0.1, 0.15) is 0 Å². The third-order valence-electron chi connectivity index (χ3n) is 1.29. The van der Waals surface area contributed by atoms with Crippen molar-refractivity contribution in [3.8, 4) is 0 Å². The minimum atomic E-state index is -0.638. The minimum absolute atomic E-state index is 0.0907. The molecule has 0 aromatic heterocycles. The van der Waals surface area contributed by atoms with Crippen molar-refractivity contribution < 1.29 is 9.84 Å². The molecule has 2 nitrogen and oxygen atoms in total. The highest BCUT2D eigenvalue weighted by atomic mass is 16.5. The molecule has 66 valence electrons. The van der Waals surface area contributed by atoms with Gasteiger partial charge in [0, 0.05) is 6.42 Å². The summed E-state index contributed by atoms with van der Waals surface area (Å²) in [5.74, 6) is 0. The van der Waals surface area contributed by atoms with Crippen molar-refractivity contribution in [1.29, 1.82) is 0 Å². The van der Waals surface area contributed by atoms with Gasteiger partial charge in [-0.25, -0.2) is 0 Å². The zero-order valence-corrected chi connectivity index (χ0v) is 7.63. The molecule has 1 N–H and O–H groups in total. The lowest BCUT2D eigenvalue weighted by Gasteiger charge is -2.21. The molecule has 1 unspecified atom stereocenters. The minimum Gasteiger partial charge on any atom is -0.390 e. The smallest absolute Gasteiger partial charge is 0.0648 e. The van der Waals surface area contributed by atoms with Crippen LogP contribution in [-0.2, 0) is 4.74 Å². The molecule has 0 saturated carbocycles. The monoisotopic (exact) mass is 158 g/mol. The van der Waals surface area contributed by atoms with Crippen molar-refractivity contribution in [2.75, 3.05) is 6.61 Å². The summed E-state index contributed by atoms with van der Waals surface area (Å²) in [5.41, 5.74) is -0.638. The van der Waals surface area contributed by atoms with Crippen molar-refractivity contribution in [2.24, 2.45) is 0 Å². The Kier molecular flexibility index (Phi) is 4.38. The van der Waals surface area contributed by atoms with Gasteiger partial charge in [-0.15, -0.1) is 6.58 Å². The largest absolute Gasteiger partial charge is 0.390 e. The molecule has 0 heterocycles. The van der Waals surface area contributed by atoms with Crippen molar-refractivity contribution in [3.05, 3.63) is 12.7 Å². The fraction of sp³-hybridized carbons (Fsp3) is 0.778. The summed E-state index contributed by atoms with van der Waals surface area (Å²) in [6, 6.07) is 0. The van der Waals surface area contributed by atoms with Gasteiger partial charge in [0.15, 0.2) is 0 Å². The highest BCUT2D eigenvalue weighted by Crippen LogP contribution is 2.12. The van der Waals surface area contributed by atoms with E-state index in [1.54, 1.807) is 19.9 Å². The first-order chi connectivity index (χ1) is 4.95. The third-order valence-corrected chi connectivity index (χ3v) is 1.29. The van der Waals surface area contributed by atoms with Crippen LogP contribution in [0.3, 0.4) is 0 Å². The Hall–Kier alpha value is -0.340. The summed E-state index contributed by atoms with van der Waals surface area (Å²) in [7, 11) is 0. The van der Waals surface area contributed by atoms with E-state index in [1.807, 2.05) is 6.92 Å². The standard InChI is InChI=1S/C9H18O2/c1-5-6-11-8(2)7-9(3,4)10/h5,8,10H,1,6-7H2,2-4H3. The number of hydrogen-bond donors (Lipinski definition) is 1. The molecule has 0 aliphatic rings. The zero-order chi connectivity index (χ0) is 8.91. The lowest BCUT2D eigenvalue weighted by Crippen LogP contribution is -2.26. The number of hydrogen-bond acceptors (Lipinski definition) is 2. The van der Waals surface area contributed by atoms with E-state index >= 15 is 0 Å². The van der Waals surface area contributed by atoms with Gasteiger partial charge >= 0.3 is 0 Å². The molecule has 0 aromatic rings. The summed E-state index contributed by atoms with van der Waals surface area (Å²) in [4.78, 5) is 0. The van der Waals surface area contributed by atoms with Crippen LogP contribution in [0.15, 0.2) is 12.7 Å². The highest BCUT2D eigenvalue weighted by Gasteiger charge is 2.16. The van der Waals surface area contributed by atoms with Crippen molar-refractivity contribution in [3.63, 3.8) is 0 Å². The molecule has 2 heteroatoms. The van der Waals surface area contributed by atoms with Crippen molar-refractivity contribution in [1.82, 2.24) is 0 Å². The van der Waals surface area contributed by atoms with Crippen LogP contribution in [0.25, 0.3) is 0 Å². The van der Waals surface area contributed by atoms with Gasteiger partial charge in [-0.2, -0.15) is 0 Å². The molecule has 0 spiro atoms. The Morgan fingerprint density at radius 3 is 2.55 bits per heavy atom. The molecular weight excluding hydrogens is 140 g/mol. The maximum atomic E-state index is 9.38. The normalized spacial score (nSPS) is 14.5. The number of aliphatic hydroxyl groups is 1. The zero-order valence-electron chi connectivity index (χ0n) is 7.63. The molecule has 1 atom stereocenters. The maximum absolute atomic E-state index is 9.38. The predicted octanol–water partition coefficient (Wildman–Crippen LogP) is 1.74. The number of ether oxygens (including phenoxy) is 1. The summed E-state index contributed by atoms with van der Waals surface area (Å²) in [5, 5.41) is 9.38. The Morgan fingerprint density at radius 1 is 1.64 bits per heavy atom. The molecule has 0 bridgehead atoms. The first kappa shape index (κ1) is 10.7. The van der Waals surface area contributed by atoms with Crippen molar-refractivity contribution in [2.45, 2.75) is 38.9 Å². The molecule has 0 saturated heterocycles. The molecular formula is C9H18O2. The molecule has 0 aromatic carbocycles. The van der Waals surface area contributed by atoms with Crippen LogP contribution in [0, 0.1) is 0 Å². The van der Waals surface area contributed by atoms with Crippen LogP contribution in [0.1, 0.15) is 27.2 Å². The third kappa shape index (κ3) is 7.56. The lowest BCUT2D eigenvalue weighted by molar-refractivity contribution is -0.00357. The predicted molar refractivity (Wildman–Crippen MR) is 46.5 cm³/mol. The molecule has 11 heavy (non-hydrogen) atoms. The second-order valence-corrected chi connectivity index (χ2v) is 3.45. The Balaban J connectivity index is 3.51. The quantitative estimate of drug-likeness (QED) is 0.617. The maximum Gasteiger partial charge on any atom is 0.0648 e. The van der Waals surface area contributed by atoms with Gasteiger partial charge in [0.25, 0.3) is 0 Å². The van der Waals surface area contributed by atoms with E-state index in [-0.39, 0.29) is 6.10 Å². The van der Waals surface area contributed by atoms with Crippen LogP contribution >= 0.6 is 0 Å². The van der Waals surface area contributed by atoms with Gasteiger partial charge < -0.3 is 9.84 Å². The van der Waals surface area contributed by atoms with E-state index < -0.39 is 5.60 Å². The number of rotatable bonds is 5. The van der Waals surface area contributed by atoms with Crippen LogP contribution in [0.5, 0.6) is 0 Å². The van der Waals surface area contributed by atoms with E-state index in [0.29, 0.717) is 13.0 Å². The Morgan fingerprint density at radius 2 is 2.18 bits per heavy atom. The van der Waals surface area contributed by atoms with Gasteiger partial charge in [0.2, 0.25) is 0 Å². The van der Waals surface area contributed by atoms with Gasteiger partial charge in [0.05, 0.1) is 18.3 Å². The highest BCUT2D eigenvalue weighted by molar-refractivity contribution is 4.71. The molecule has 0 aliphatic heterocycles. The summed E-state index contributed by atoms with van der Waals surface area (Å²) in [6.07, 6.45) is 2.45. The van der Waals surface area contributed by atoms with Crippen LogP contribution in [0.4, 0.5) is 0 Å². The first-order valence-corrected chi connectivity index (χ1v) is 3.90. The Bertz CT molecular complexity index is 113. The van der Waals surface area contributed by atoms with Crippen LogP contribution < -0.4 is 0 Å². The molecule has 0 amide bonds. The van der Waals surface area contributed by atoms with Gasteiger partial charge in [-0.3, -0.25) is 0 Å². The fourth-order valence-electron chi connectivity index (χ4n) is 0.995. The summed E-state index contributed by atoms with van der Waals surface area (Å²) >= 11 is 0. The first-order valence-electron chi connectivity index (χ1n) is 3.90. The van der Waals surface area contributed by atoms with Crippen LogP contribution in [-0.4, -0.2) is 23.4 Å². The molecule has 0 fully saturated rings. The molecule has 0 aliphatic carbocycles. The van der Waals surface area contributed by atoms with Gasteiger partial charge in [-0.05, 0) is 20.8 Å². The summed E-state index contributed by atoms with van der Waals surface area (Å²) in [6.45, 7) is 9.60. The SMILES string of the molecule is C=CCOC(C)CC(C)(C)O. The van der Waals surface area contributed by atoms with Crippen LogP contribution in [0.2, 0.25) is 0 Å². The summed E-state index contributed by atoms with van der Waals surface area (Å²) < 4.78 is 5.29. The molecule has 0 rings (SSSR count). The fourth-order valence-corrected chi connectivity index (χ4v) is 0.995. The van der Waals surface area contributed by atoms with Crippen molar-refractivity contribution >= 4 is 0 Å². The van der Waals surface area contributed by atoms with E-state index in [2.05, 4.69) is 6.58 Å². The Labute approximate surface area is 68.9 Å². The average molecular weight is 158 g/mol. The second kappa shape index (κ2) is 4.52. The topological polar surface area (TPSA) is 29.5 Å². The lowest BCUT2D eigenvalue weighted by atomic mass is 10.0. The van der Waals surface area contributed by atoms with E-state index in [4.69, 9.17) is 4.74 Å². The average Bonchev–Trinajstić information content (AvgIpc) is 1.79. The van der Waals surface area contributed by atoms with E-state index in [9.17, 15) is 5.11 Å². The molecule has 0 radical (unpaired) electrons. The van der Waals surface area contributed by atoms with E-state index in [0.717, 1.165) is 0 Å². The van der Waals surface area contributed by atoms with E-state index in [1.165, 1.54) is 0 Å². The van der Waals surface area contributed by atoms with Gasteiger partial charge in [-0.1, -0.05) is 6.08 Å². The second-order valence-electron chi connectivity index (χ2n) is 3.45.